The van der Waals surface area contributed by atoms with Crippen molar-refractivity contribution in [3.8, 4) is 6.07 Å². The molecule has 0 unspecified atom stereocenters. The molecule has 0 bridgehead atoms. The van der Waals surface area contributed by atoms with Crippen LogP contribution in [0.4, 0.5) is 0 Å². The second-order valence-electron chi connectivity index (χ2n) is 9.33. The molecular weight excluding hydrogens is 416 g/mol. The van der Waals surface area contributed by atoms with Gasteiger partial charge in [-0.3, -0.25) is 14.5 Å². The molecule has 2 aliphatic rings. The monoisotopic (exact) mass is 448 g/mol. The summed E-state index contributed by atoms with van der Waals surface area (Å²) in [7, 11) is 0. The third-order valence-electron chi connectivity index (χ3n) is 6.41. The molecule has 2 aliphatic carbocycles. The summed E-state index contributed by atoms with van der Waals surface area (Å²) in [5.74, 6) is 0.583. The van der Waals surface area contributed by atoms with Crippen molar-refractivity contribution in [1.29, 1.82) is 5.26 Å². The number of nitrogens with one attached hydrogen (secondary N) is 2. The molecule has 0 atom stereocenters. The number of carbonyl (C=O) groups excluding carboxylic acids is 2. The van der Waals surface area contributed by atoms with E-state index in [4.69, 9.17) is 4.42 Å². The number of hydrogen-bond donors (Lipinski definition) is 2. The van der Waals surface area contributed by atoms with Crippen molar-refractivity contribution in [2.45, 2.75) is 76.0 Å². The minimum atomic E-state index is -0.763. The Bertz CT molecular complexity index is 966. The molecule has 2 N–H and O–H groups in total. The van der Waals surface area contributed by atoms with E-state index in [0.717, 1.165) is 49.8 Å². The number of nitriles is 1. The van der Waals surface area contributed by atoms with E-state index in [1.54, 1.807) is 6.26 Å². The van der Waals surface area contributed by atoms with Crippen LogP contribution < -0.4 is 10.6 Å². The third-order valence-corrected chi connectivity index (χ3v) is 6.41. The predicted octanol–water partition coefficient (Wildman–Crippen LogP) is 3.91. The van der Waals surface area contributed by atoms with Gasteiger partial charge in [-0.15, -0.1) is 0 Å². The molecular formula is C26H32N4O3. The average Bonchev–Trinajstić information content (AvgIpc) is 3.53. The second-order valence-corrected chi connectivity index (χ2v) is 9.33. The van der Waals surface area contributed by atoms with Crippen molar-refractivity contribution in [2.75, 3.05) is 6.54 Å². The molecule has 4 rings (SSSR count). The Balaban J connectivity index is 1.40. The number of hydrogen-bond acceptors (Lipinski definition) is 5. The summed E-state index contributed by atoms with van der Waals surface area (Å²) < 4.78 is 5.51. The van der Waals surface area contributed by atoms with Crippen molar-refractivity contribution in [3.05, 3.63) is 59.5 Å². The molecule has 33 heavy (non-hydrogen) atoms. The van der Waals surface area contributed by atoms with Crippen LogP contribution in [0.5, 0.6) is 0 Å². The lowest BCUT2D eigenvalue weighted by Crippen LogP contribution is -2.50. The summed E-state index contributed by atoms with van der Waals surface area (Å²) in [6.45, 7) is 1.16. The molecule has 2 saturated carbocycles. The van der Waals surface area contributed by atoms with Gasteiger partial charge in [-0.05, 0) is 55.5 Å². The lowest BCUT2D eigenvalue weighted by atomic mass is 9.92. The van der Waals surface area contributed by atoms with Gasteiger partial charge in [-0.25, -0.2) is 0 Å². The Labute approximate surface area is 195 Å². The minimum Gasteiger partial charge on any atom is -0.468 e. The van der Waals surface area contributed by atoms with Gasteiger partial charge in [0, 0.05) is 18.2 Å². The Hall–Kier alpha value is -3.11. The van der Waals surface area contributed by atoms with Gasteiger partial charge < -0.3 is 15.1 Å². The quantitative estimate of drug-likeness (QED) is 0.567. The Morgan fingerprint density at radius 3 is 2.39 bits per heavy atom. The summed E-state index contributed by atoms with van der Waals surface area (Å²) in [5, 5.41) is 15.8. The topological polar surface area (TPSA) is 98.4 Å². The van der Waals surface area contributed by atoms with E-state index in [2.05, 4.69) is 16.7 Å². The van der Waals surface area contributed by atoms with Gasteiger partial charge in [0.05, 0.1) is 25.4 Å². The molecule has 0 radical (unpaired) electrons. The van der Waals surface area contributed by atoms with Crippen LogP contribution in [0.2, 0.25) is 0 Å². The molecule has 7 heteroatoms. The van der Waals surface area contributed by atoms with E-state index < -0.39 is 5.54 Å². The van der Waals surface area contributed by atoms with Crippen LogP contribution in [0.3, 0.4) is 0 Å². The van der Waals surface area contributed by atoms with E-state index in [1.807, 2.05) is 41.3 Å². The van der Waals surface area contributed by atoms with Gasteiger partial charge in [0.25, 0.3) is 5.91 Å². The van der Waals surface area contributed by atoms with Gasteiger partial charge in [0.2, 0.25) is 5.91 Å². The van der Waals surface area contributed by atoms with Crippen LogP contribution >= 0.6 is 0 Å². The van der Waals surface area contributed by atoms with Crippen LogP contribution in [0, 0.1) is 11.3 Å². The lowest BCUT2D eigenvalue weighted by Gasteiger charge is -2.28. The predicted molar refractivity (Wildman–Crippen MR) is 124 cm³/mol. The molecule has 2 fully saturated rings. The fourth-order valence-electron chi connectivity index (χ4n) is 4.41. The summed E-state index contributed by atoms with van der Waals surface area (Å²) >= 11 is 0. The standard InChI is InChI=1S/C26H32N4O3/c27-19-26(13-3-1-2-4-14-26)29-24(31)18-30(17-23-6-5-15-33-23)16-20-7-9-21(10-8-20)25(32)28-22-11-12-22/h5-10,15,22H,1-4,11-14,16-18H2,(H,28,32)(H,29,31). The molecule has 2 amide bonds. The summed E-state index contributed by atoms with van der Waals surface area (Å²) in [6, 6.07) is 13.9. The van der Waals surface area contributed by atoms with E-state index >= 15 is 0 Å². The highest BCUT2D eigenvalue weighted by atomic mass is 16.3. The first-order valence-corrected chi connectivity index (χ1v) is 11.9. The molecule has 7 nitrogen and oxygen atoms in total. The van der Waals surface area contributed by atoms with E-state index in [-0.39, 0.29) is 18.4 Å². The molecule has 1 aromatic carbocycles. The Morgan fingerprint density at radius 2 is 1.79 bits per heavy atom. The van der Waals surface area contributed by atoms with Gasteiger partial charge in [-0.2, -0.15) is 5.26 Å². The zero-order chi connectivity index (χ0) is 23.1. The number of benzene rings is 1. The van der Waals surface area contributed by atoms with E-state index in [1.165, 1.54) is 0 Å². The normalized spacial score (nSPS) is 17.7. The maximum Gasteiger partial charge on any atom is 0.251 e. The fourth-order valence-corrected chi connectivity index (χ4v) is 4.41. The van der Waals surface area contributed by atoms with Crippen LogP contribution in [0.15, 0.2) is 47.1 Å². The first-order valence-electron chi connectivity index (χ1n) is 11.9. The van der Waals surface area contributed by atoms with Gasteiger partial charge >= 0.3 is 0 Å². The van der Waals surface area contributed by atoms with Crippen LogP contribution in [-0.2, 0) is 17.9 Å². The Kier molecular flexibility index (Phi) is 7.46. The zero-order valence-corrected chi connectivity index (χ0v) is 19.0. The average molecular weight is 449 g/mol. The second kappa shape index (κ2) is 10.7. The zero-order valence-electron chi connectivity index (χ0n) is 19.0. The highest BCUT2D eigenvalue weighted by Gasteiger charge is 2.33. The van der Waals surface area contributed by atoms with Gasteiger partial charge in [-0.1, -0.05) is 37.8 Å². The SMILES string of the molecule is N#CC1(NC(=O)CN(Cc2ccc(C(=O)NC3CC3)cc2)Cc2ccco2)CCCCCC1. The van der Waals surface area contributed by atoms with Crippen molar-refractivity contribution in [1.82, 2.24) is 15.5 Å². The number of furan rings is 1. The van der Waals surface area contributed by atoms with Crippen molar-refractivity contribution >= 4 is 11.8 Å². The molecule has 0 aliphatic heterocycles. The fraction of sp³-hybridized carbons (Fsp3) is 0.500. The van der Waals surface area contributed by atoms with Gasteiger partial charge in [0.1, 0.15) is 11.3 Å². The first kappa shape index (κ1) is 23.1. The molecule has 1 aromatic heterocycles. The van der Waals surface area contributed by atoms with Crippen molar-refractivity contribution in [2.24, 2.45) is 0 Å². The summed E-state index contributed by atoms with van der Waals surface area (Å²) in [5.41, 5.74) is 0.882. The first-order chi connectivity index (χ1) is 16.0. The number of carbonyl (C=O) groups is 2. The summed E-state index contributed by atoms with van der Waals surface area (Å²) in [4.78, 5) is 27.2. The van der Waals surface area contributed by atoms with E-state index in [9.17, 15) is 14.9 Å². The number of nitrogens with zero attached hydrogens (tertiary/aromatic N) is 2. The highest BCUT2D eigenvalue weighted by Crippen LogP contribution is 2.26. The third kappa shape index (κ3) is 6.69. The molecule has 1 heterocycles. The van der Waals surface area contributed by atoms with Crippen LogP contribution in [0.1, 0.15) is 73.0 Å². The number of rotatable bonds is 9. The highest BCUT2D eigenvalue weighted by molar-refractivity contribution is 5.94. The smallest absolute Gasteiger partial charge is 0.251 e. The Morgan fingerprint density at radius 1 is 1.06 bits per heavy atom. The summed E-state index contributed by atoms with van der Waals surface area (Å²) in [6.07, 6.45) is 9.29. The molecule has 174 valence electrons. The minimum absolute atomic E-state index is 0.0407. The lowest BCUT2D eigenvalue weighted by molar-refractivity contribution is -0.124. The van der Waals surface area contributed by atoms with Crippen LogP contribution in [0.25, 0.3) is 0 Å². The van der Waals surface area contributed by atoms with Gasteiger partial charge in [0.15, 0.2) is 0 Å². The maximum atomic E-state index is 13.0. The van der Waals surface area contributed by atoms with Crippen molar-refractivity contribution < 1.29 is 14.0 Å². The molecule has 0 spiro atoms. The van der Waals surface area contributed by atoms with Crippen LogP contribution in [-0.4, -0.2) is 34.8 Å². The molecule has 2 aromatic rings. The maximum absolute atomic E-state index is 13.0. The largest absolute Gasteiger partial charge is 0.468 e. The number of amides is 2. The van der Waals surface area contributed by atoms with E-state index in [0.29, 0.717) is 37.5 Å². The van der Waals surface area contributed by atoms with Crippen molar-refractivity contribution in [3.63, 3.8) is 0 Å². The molecule has 0 saturated heterocycles.